The largest absolute Gasteiger partial charge is 0.397 e. The lowest BCUT2D eigenvalue weighted by Gasteiger charge is -2.23. The Bertz CT molecular complexity index is 1160. The van der Waals surface area contributed by atoms with Crippen LogP contribution in [0.2, 0.25) is 0 Å². The molecule has 0 bridgehead atoms. The molecule has 0 atom stereocenters. The van der Waals surface area contributed by atoms with Gasteiger partial charge in [0.25, 0.3) is 5.91 Å². The number of aliphatic hydroxyl groups is 1. The zero-order valence-corrected chi connectivity index (χ0v) is 19.1. The first kappa shape index (κ1) is 23.3. The highest BCUT2D eigenvalue weighted by atomic mass is 16.3. The maximum Gasteiger partial charge on any atom is 0.322 e. The second-order valence-electron chi connectivity index (χ2n) is 8.50. The average molecular weight is 459 g/mol. The minimum Gasteiger partial charge on any atom is -0.397 e. The van der Waals surface area contributed by atoms with Crippen LogP contribution in [0.4, 0.5) is 21.9 Å². The molecule has 0 aromatic heterocycles. The van der Waals surface area contributed by atoms with Gasteiger partial charge in [-0.3, -0.25) is 4.79 Å². The van der Waals surface area contributed by atoms with Crippen LogP contribution in [-0.2, 0) is 19.4 Å². The number of benzene rings is 3. The molecule has 7 nitrogen and oxygen atoms in total. The van der Waals surface area contributed by atoms with Crippen LogP contribution in [0.1, 0.15) is 39.9 Å². The van der Waals surface area contributed by atoms with Gasteiger partial charge >= 0.3 is 6.03 Å². The van der Waals surface area contributed by atoms with Crippen molar-refractivity contribution in [3.05, 3.63) is 89.0 Å². The minimum atomic E-state index is -0.254. The van der Waals surface area contributed by atoms with E-state index in [-0.39, 0.29) is 18.5 Å². The number of carbonyl (C=O) groups is 2. The van der Waals surface area contributed by atoms with Gasteiger partial charge in [0, 0.05) is 30.9 Å². The number of fused-ring (bicyclic) bond motifs is 1. The first-order chi connectivity index (χ1) is 16.5. The number of hydrogen-bond donors (Lipinski definition) is 4. The van der Waals surface area contributed by atoms with Gasteiger partial charge in [0.05, 0.1) is 11.4 Å². The van der Waals surface area contributed by atoms with Gasteiger partial charge < -0.3 is 26.4 Å². The van der Waals surface area contributed by atoms with Crippen LogP contribution in [0, 0.1) is 0 Å². The summed E-state index contributed by atoms with van der Waals surface area (Å²) in [6.07, 6.45) is 3.78. The second-order valence-corrected chi connectivity index (χ2v) is 8.50. The number of aryl methyl sites for hydroxylation is 2. The smallest absolute Gasteiger partial charge is 0.322 e. The Kier molecular flexibility index (Phi) is 7.44. The molecule has 176 valence electrons. The first-order valence-electron chi connectivity index (χ1n) is 11.6. The monoisotopic (exact) mass is 458 g/mol. The fourth-order valence-electron chi connectivity index (χ4n) is 4.15. The van der Waals surface area contributed by atoms with E-state index in [1.54, 1.807) is 29.2 Å². The summed E-state index contributed by atoms with van der Waals surface area (Å²) in [6, 6.07) is 20.1. The summed E-state index contributed by atoms with van der Waals surface area (Å²) in [5, 5.41) is 15.1. The molecule has 0 spiro atoms. The van der Waals surface area contributed by atoms with Crippen LogP contribution in [0.25, 0.3) is 0 Å². The van der Waals surface area contributed by atoms with Crippen LogP contribution in [0.3, 0.4) is 0 Å². The third-order valence-corrected chi connectivity index (χ3v) is 6.02. The molecule has 0 saturated heterocycles. The zero-order valence-electron chi connectivity index (χ0n) is 19.1. The van der Waals surface area contributed by atoms with Crippen LogP contribution < -0.4 is 16.4 Å². The number of nitrogens with two attached hydrogens (primary N) is 1. The Labute approximate surface area is 199 Å². The number of para-hydroxylation sites is 2. The second kappa shape index (κ2) is 10.9. The maximum absolute atomic E-state index is 13.0. The molecule has 34 heavy (non-hydrogen) atoms. The fourth-order valence-corrected chi connectivity index (χ4v) is 4.15. The van der Waals surface area contributed by atoms with Crippen LogP contribution in [-0.4, -0.2) is 35.1 Å². The van der Waals surface area contributed by atoms with Crippen molar-refractivity contribution in [1.29, 1.82) is 0 Å². The van der Waals surface area contributed by atoms with E-state index in [1.807, 2.05) is 30.3 Å². The number of anilines is 3. The van der Waals surface area contributed by atoms with Crippen LogP contribution in [0.15, 0.2) is 66.7 Å². The molecule has 3 amide bonds. The third kappa shape index (κ3) is 5.74. The predicted molar refractivity (Wildman–Crippen MR) is 135 cm³/mol. The number of nitrogens with zero attached hydrogens (tertiary/aromatic N) is 1. The van der Waals surface area contributed by atoms with Gasteiger partial charge in [0.1, 0.15) is 0 Å². The molecule has 4 rings (SSSR count). The van der Waals surface area contributed by atoms with Gasteiger partial charge in [-0.1, -0.05) is 30.3 Å². The number of amides is 3. The molecule has 0 unspecified atom stereocenters. The quantitative estimate of drug-likeness (QED) is 0.375. The summed E-state index contributed by atoms with van der Waals surface area (Å²) in [4.78, 5) is 27.2. The predicted octanol–water partition coefficient (Wildman–Crippen LogP) is 4.43. The van der Waals surface area contributed by atoms with Gasteiger partial charge in [0.15, 0.2) is 0 Å². The highest BCUT2D eigenvalue weighted by molar-refractivity contribution is 6.05. The molecule has 7 heteroatoms. The number of urea groups is 1. The maximum atomic E-state index is 13.0. The molecular formula is C27H30N4O3. The lowest BCUT2D eigenvalue weighted by atomic mass is 10.1. The van der Waals surface area contributed by atoms with E-state index in [0.29, 0.717) is 36.4 Å². The summed E-state index contributed by atoms with van der Waals surface area (Å²) in [5.41, 5.74) is 11.8. The molecular weight excluding hydrogens is 428 g/mol. The number of nitrogens with one attached hydrogen (secondary N) is 2. The van der Waals surface area contributed by atoms with E-state index < -0.39 is 0 Å². The van der Waals surface area contributed by atoms with Gasteiger partial charge in [-0.2, -0.15) is 0 Å². The van der Waals surface area contributed by atoms with Crippen molar-refractivity contribution < 1.29 is 14.7 Å². The van der Waals surface area contributed by atoms with E-state index in [1.165, 1.54) is 11.1 Å². The number of aliphatic hydroxyl groups excluding tert-OH is 1. The van der Waals surface area contributed by atoms with E-state index in [4.69, 9.17) is 5.73 Å². The van der Waals surface area contributed by atoms with E-state index in [0.717, 1.165) is 30.5 Å². The van der Waals surface area contributed by atoms with Gasteiger partial charge in [0.2, 0.25) is 0 Å². The van der Waals surface area contributed by atoms with Gasteiger partial charge in [-0.15, -0.1) is 0 Å². The summed E-state index contributed by atoms with van der Waals surface area (Å²) < 4.78 is 0. The minimum absolute atomic E-state index is 0.00432. The Morgan fingerprint density at radius 2 is 1.71 bits per heavy atom. The van der Waals surface area contributed by atoms with Crippen molar-refractivity contribution in [1.82, 2.24) is 4.90 Å². The van der Waals surface area contributed by atoms with Crippen LogP contribution in [0.5, 0.6) is 0 Å². The van der Waals surface area contributed by atoms with Gasteiger partial charge in [-0.05, 0) is 78.8 Å². The molecule has 1 aliphatic rings. The number of nitrogen functional groups attached to an aromatic ring is 1. The van der Waals surface area contributed by atoms with Crippen molar-refractivity contribution in [2.75, 3.05) is 29.5 Å². The summed E-state index contributed by atoms with van der Waals surface area (Å²) in [5.74, 6) is -0.254. The van der Waals surface area contributed by atoms with Crippen molar-refractivity contribution >= 4 is 29.0 Å². The summed E-state index contributed by atoms with van der Waals surface area (Å²) in [7, 11) is 0. The SMILES string of the molecule is Nc1ccccc1NC(=O)c1ccc(CN(CCCO)C(=O)Nc2ccc3c(c2)CCC3)cc1. The van der Waals surface area contributed by atoms with E-state index >= 15 is 0 Å². The zero-order chi connectivity index (χ0) is 23.9. The van der Waals surface area contributed by atoms with Crippen molar-refractivity contribution in [3.63, 3.8) is 0 Å². The molecule has 5 N–H and O–H groups in total. The normalized spacial score (nSPS) is 12.1. The Balaban J connectivity index is 1.40. The number of hydrogen-bond acceptors (Lipinski definition) is 4. The topological polar surface area (TPSA) is 108 Å². The standard InChI is InChI=1S/C27H30N4O3/c28-24-7-1-2-8-25(24)30-26(33)21-11-9-19(10-12-21)18-31(15-4-16-32)27(34)29-23-14-13-20-5-3-6-22(20)17-23/h1-2,7-14,17,32H,3-6,15-16,18,28H2,(H,29,34)(H,30,33). The highest BCUT2D eigenvalue weighted by Gasteiger charge is 2.17. The highest BCUT2D eigenvalue weighted by Crippen LogP contribution is 2.25. The van der Waals surface area contributed by atoms with Crippen molar-refractivity contribution in [3.8, 4) is 0 Å². The Hall–Kier alpha value is -3.84. The Morgan fingerprint density at radius 3 is 2.47 bits per heavy atom. The molecule has 0 fully saturated rings. The molecule has 3 aromatic rings. The molecule has 3 aromatic carbocycles. The van der Waals surface area contributed by atoms with Gasteiger partial charge in [-0.25, -0.2) is 4.79 Å². The molecule has 0 aliphatic heterocycles. The third-order valence-electron chi connectivity index (χ3n) is 6.02. The number of carbonyl (C=O) groups excluding carboxylic acids is 2. The average Bonchev–Trinajstić information content (AvgIpc) is 3.31. The van der Waals surface area contributed by atoms with Crippen LogP contribution >= 0.6 is 0 Å². The lowest BCUT2D eigenvalue weighted by molar-refractivity contribution is 0.102. The lowest BCUT2D eigenvalue weighted by Crippen LogP contribution is -2.35. The molecule has 0 radical (unpaired) electrons. The van der Waals surface area contributed by atoms with Crippen molar-refractivity contribution in [2.45, 2.75) is 32.2 Å². The fraction of sp³-hybridized carbons (Fsp3) is 0.259. The van der Waals surface area contributed by atoms with E-state index in [9.17, 15) is 14.7 Å². The van der Waals surface area contributed by atoms with Crippen molar-refractivity contribution in [2.24, 2.45) is 0 Å². The Morgan fingerprint density at radius 1 is 0.941 bits per heavy atom. The first-order valence-corrected chi connectivity index (χ1v) is 11.6. The molecule has 0 saturated carbocycles. The van der Waals surface area contributed by atoms with E-state index in [2.05, 4.69) is 22.8 Å². The molecule has 0 heterocycles. The summed E-state index contributed by atoms with van der Waals surface area (Å²) >= 11 is 0. The molecule has 1 aliphatic carbocycles. The summed E-state index contributed by atoms with van der Waals surface area (Å²) in [6.45, 7) is 0.789. The number of rotatable bonds is 8.